The van der Waals surface area contributed by atoms with Gasteiger partial charge in [-0.15, -0.1) is 0 Å². The molecule has 6 nitrogen and oxygen atoms in total. The maximum absolute atomic E-state index is 12.5. The smallest absolute Gasteiger partial charge is 0.351 e. The number of benzene rings is 2. The van der Waals surface area contributed by atoms with Crippen LogP contribution in [0.4, 0.5) is 5.69 Å². The van der Waals surface area contributed by atoms with Crippen LogP contribution in [0.2, 0.25) is 0 Å². The van der Waals surface area contributed by atoms with Gasteiger partial charge in [-0.25, -0.2) is 4.79 Å². The van der Waals surface area contributed by atoms with Crippen LogP contribution < -0.4 is 14.4 Å². The minimum atomic E-state index is -0.869. The number of aryl methyl sites for hydroxylation is 1. The molecule has 2 aliphatic heterocycles. The molecular formula is C20H19NO5. The summed E-state index contributed by atoms with van der Waals surface area (Å²) in [6, 6.07) is 14.9. The molecule has 134 valence electrons. The van der Waals surface area contributed by atoms with Crippen LogP contribution in [0, 0.1) is 0 Å². The molecule has 0 saturated carbocycles. The molecule has 0 bridgehead atoms. The minimum Gasteiger partial charge on any atom is -0.485 e. The van der Waals surface area contributed by atoms with Crippen molar-refractivity contribution in [1.82, 2.24) is 0 Å². The summed E-state index contributed by atoms with van der Waals surface area (Å²) in [6.45, 7) is 0.384. The van der Waals surface area contributed by atoms with Crippen molar-refractivity contribution in [3.8, 4) is 11.5 Å². The maximum atomic E-state index is 12.5. The van der Waals surface area contributed by atoms with Gasteiger partial charge in [-0.3, -0.25) is 4.79 Å². The molecule has 0 aromatic heterocycles. The predicted molar refractivity (Wildman–Crippen MR) is 94.4 cm³/mol. The third-order valence-electron chi connectivity index (χ3n) is 4.52. The Balaban J connectivity index is 1.36. The monoisotopic (exact) mass is 353 g/mol. The van der Waals surface area contributed by atoms with Gasteiger partial charge in [0.1, 0.15) is 6.61 Å². The summed E-state index contributed by atoms with van der Waals surface area (Å²) in [4.78, 5) is 26.4. The SMILES string of the molecule is O=C(OCC(=O)N1CCCc2ccccc21)C1COc2ccccc2O1. The number of hydrogen-bond acceptors (Lipinski definition) is 5. The second kappa shape index (κ2) is 7.07. The molecule has 2 aromatic carbocycles. The van der Waals surface area contributed by atoms with Crippen molar-refractivity contribution >= 4 is 17.6 Å². The molecule has 4 rings (SSSR count). The standard InChI is InChI=1S/C20H19NO5/c22-19(21-11-5-7-14-6-1-2-8-15(14)21)13-25-20(23)18-12-24-16-9-3-4-10-17(16)26-18/h1-4,6,8-10,18H,5,7,11-13H2. The van der Waals surface area contributed by atoms with Gasteiger partial charge in [0.25, 0.3) is 5.91 Å². The lowest BCUT2D eigenvalue weighted by Crippen LogP contribution is -2.42. The van der Waals surface area contributed by atoms with E-state index >= 15 is 0 Å². The molecular weight excluding hydrogens is 334 g/mol. The van der Waals surface area contributed by atoms with Gasteiger partial charge in [-0.2, -0.15) is 0 Å². The van der Waals surface area contributed by atoms with Gasteiger partial charge >= 0.3 is 5.97 Å². The average molecular weight is 353 g/mol. The molecule has 1 unspecified atom stereocenters. The summed E-state index contributed by atoms with van der Waals surface area (Å²) >= 11 is 0. The second-order valence-corrected chi connectivity index (χ2v) is 6.25. The summed E-state index contributed by atoms with van der Waals surface area (Å²) in [5.74, 6) is 0.260. The minimum absolute atomic E-state index is 0.0661. The number of nitrogens with zero attached hydrogens (tertiary/aromatic N) is 1. The zero-order chi connectivity index (χ0) is 17.9. The van der Waals surface area contributed by atoms with E-state index in [1.807, 2.05) is 30.3 Å². The van der Waals surface area contributed by atoms with E-state index < -0.39 is 12.1 Å². The maximum Gasteiger partial charge on any atom is 0.351 e. The number of carbonyl (C=O) groups excluding carboxylic acids is 2. The lowest BCUT2D eigenvalue weighted by molar-refractivity contribution is -0.157. The van der Waals surface area contributed by atoms with Crippen LogP contribution in [0.25, 0.3) is 0 Å². The predicted octanol–water partition coefficient (Wildman–Crippen LogP) is 2.35. The quantitative estimate of drug-likeness (QED) is 0.793. The topological polar surface area (TPSA) is 65.1 Å². The highest BCUT2D eigenvalue weighted by atomic mass is 16.6. The van der Waals surface area contributed by atoms with Gasteiger partial charge in [-0.05, 0) is 36.6 Å². The molecule has 0 N–H and O–H groups in total. The van der Waals surface area contributed by atoms with Crippen molar-refractivity contribution in [3.63, 3.8) is 0 Å². The summed E-state index contributed by atoms with van der Waals surface area (Å²) in [6.07, 6.45) is 0.978. The Morgan fingerprint density at radius 2 is 1.85 bits per heavy atom. The Morgan fingerprint density at radius 3 is 2.73 bits per heavy atom. The van der Waals surface area contributed by atoms with E-state index in [1.54, 1.807) is 23.1 Å². The Hall–Kier alpha value is -3.02. The normalized spacial score (nSPS) is 18.0. The molecule has 0 spiro atoms. The van der Waals surface area contributed by atoms with Gasteiger partial charge in [0, 0.05) is 12.2 Å². The summed E-state index contributed by atoms with van der Waals surface area (Å²) in [5.41, 5.74) is 2.03. The van der Waals surface area contributed by atoms with Gasteiger partial charge in [0.2, 0.25) is 6.10 Å². The highest BCUT2D eigenvalue weighted by Gasteiger charge is 2.30. The highest BCUT2D eigenvalue weighted by Crippen LogP contribution is 2.31. The molecule has 0 radical (unpaired) electrons. The van der Waals surface area contributed by atoms with Crippen LogP contribution in [0.15, 0.2) is 48.5 Å². The number of fused-ring (bicyclic) bond motifs is 2. The fraction of sp³-hybridized carbons (Fsp3) is 0.300. The molecule has 1 amide bonds. The lowest BCUT2D eigenvalue weighted by Gasteiger charge is -2.29. The Bertz CT molecular complexity index is 834. The first-order chi connectivity index (χ1) is 12.7. The fourth-order valence-electron chi connectivity index (χ4n) is 3.23. The third-order valence-corrected chi connectivity index (χ3v) is 4.52. The summed E-state index contributed by atoms with van der Waals surface area (Å²) in [5, 5.41) is 0. The average Bonchev–Trinajstić information content (AvgIpc) is 2.71. The molecule has 26 heavy (non-hydrogen) atoms. The number of rotatable bonds is 3. The molecule has 2 aliphatic rings. The van der Waals surface area contributed by atoms with Crippen LogP contribution in [0.5, 0.6) is 11.5 Å². The van der Waals surface area contributed by atoms with E-state index in [9.17, 15) is 9.59 Å². The van der Waals surface area contributed by atoms with E-state index in [0.29, 0.717) is 18.0 Å². The Kier molecular flexibility index (Phi) is 4.48. The Labute approximate surface area is 151 Å². The zero-order valence-corrected chi connectivity index (χ0v) is 14.2. The van der Waals surface area contributed by atoms with Crippen LogP contribution in [0.3, 0.4) is 0 Å². The number of anilines is 1. The number of amides is 1. The van der Waals surface area contributed by atoms with Crippen molar-refractivity contribution in [3.05, 3.63) is 54.1 Å². The van der Waals surface area contributed by atoms with Gasteiger partial charge in [0.05, 0.1) is 0 Å². The molecule has 2 aromatic rings. The third kappa shape index (κ3) is 3.22. The first-order valence-corrected chi connectivity index (χ1v) is 8.66. The number of para-hydroxylation sites is 3. The van der Waals surface area contributed by atoms with Crippen molar-refractivity contribution in [2.45, 2.75) is 18.9 Å². The molecule has 0 aliphatic carbocycles. The summed E-state index contributed by atoms with van der Waals surface area (Å²) < 4.78 is 16.3. The van der Waals surface area contributed by atoms with Crippen LogP contribution in [-0.2, 0) is 20.7 Å². The van der Waals surface area contributed by atoms with Crippen molar-refractivity contribution < 1.29 is 23.8 Å². The van der Waals surface area contributed by atoms with E-state index in [-0.39, 0.29) is 19.1 Å². The van der Waals surface area contributed by atoms with Crippen molar-refractivity contribution in [1.29, 1.82) is 0 Å². The number of hydrogen-bond donors (Lipinski definition) is 0. The van der Waals surface area contributed by atoms with E-state index in [1.165, 1.54) is 0 Å². The number of ether oxygens (including phenoxy) is 3. The largest absolute Gasteiger partial charge is 0.485 e. The van der Waals surface area contributed by atoms with E-state index in [0.717, 1.165) is 24.1 Å². The van der Waals surface area contributed by atoms with Crippen molar-refractivity contribution in [2.24, 2.45) is 0 Å². The first kappa shape index (κ1) is 16.4. The highest BCUT2D eigenvalue weighted by molar-refractivity contribution is 5.96. The van der Waals surface area contributed by atoms with Crippen LogP contribution in [0.1, 0.15) is 12.0 Å². The van der Waals surface area contributed by atoms with Gasteiger partial charge < -0.3 is 19.1 Å². The molecule has 6 heteroatoms. The first-order valence-electron chi connectivity index (χ1n) is 8.66. The van der Waals surface area contributed by atoms with Crippen LogP contribution >= 0.6 is 0 Å². The zero-order valence-electron chi connectivity index (χ0n) is 14.2. The van der Waals surface area contributed by atoms with E-state index in [4.69, 9.17) is 14.2 Å². The van der Waals surface area contributed by atoms with Gasteiger partial charge in [-0.1, -0.05) is 30.3 Å². The van der Waals surface area contributed by atoms with E-state index in [2.05, 4.69) is 0 Å². The molecule has 0 saturated heterocycles. The number of esters is 1. The fourth-order valence-corrected chi connectivity index (χ4v) is 3.23. The number of carbonyl (C=O) groups is 2. The van der Waals surface area contributed by atoms with Gasteiger partial charge in [0.15, 0.2) is 18.1 Å². The Morgan fingerprint density at radius 1 is 1.08 bits per heavy atom. The second-order valence-electron chi connectivity index (χ2n) is 6.25. The van der Waals surface area contributed by atoms with Crippen molar-refractivity contribution in [2.75, 3.05) is 24.7 Å². The molecule has 1 atom stereocenters. The van der Waals surface area contributed by atoms with Crippen LogP contribution in [-0.4, -0.2) is 37.7 Å². The summed E-state index contributed by atoms with van der Waals surface area (Å²) in [7, 11) is 0. The molecule has 2 heterocycles. The molecule has 0 fully saturated rings. The lowest BCUT2D eigenvalue weighted by atomic mass is 10.0.